The highest BCUT2D eigenvalue weighted by Crippen LogP contribution is 2.13. The van der Waals surface area contributed by atoms with E-state index in [1.54, 1.807) is 0 Å². The number of nitrogens with two attached hydrogens (primary N) is 1. The van der Waals surface area contributed by atoms with Gasteiger partial charge >= 0.3 is 6.03 Å². The molecule has 5 heteroatoms. The Hall–Kier alpha value is -2.04. The maximum atomic E-state index is 12.1. The summed E-state index contributed by atoms with van der Waals surface area (Å²) in [4.78, 5) is 23.0. The van der Waals surface area contributed by atoms with E-state index in [1.165, 1.54) is 0 Å². The molecule has 0 saturated carbocycles. The van der Waals surface area contributed by atoms with Crippen molar-refractivity contribution in [2.75, 3.05) is 6.54 Å². The second kappa shape index (κ2) is 7.53. The fraction of sp³-hybridized carbons (Fsp3) is 0.467. The molecule has 1 rings (SSSR count). The Kier molecular flexibility index (Phi) is 6.03. The molecule has 0 aliphatic heterocycles. The number of amides is 3. The largest absolute Gasteiger partial charge is 0.354 e. The summed E-state index contributed by atoms with van der Waals surface area (Å²) in [6, 6.07) is 8.67. The fourth-order valence-electron chi connectivity index (χ4n) is 1.95. The van der Waals surface area contributed by atoms with Gasteiger partial charge in [0.2, 0.25) is 5.91 Å². The summed E-state index contributed by atoms with van der Waals surface area (Å²) in [5.41, 5.74) is 6.25. The van der Waals surface area contributed by atoms with Gasteiger partial charge in [0, 0.05) is 6.54 Å². The Morgan fingerprint density at radius 3 is 2.25 bits per heavy atom. The van der Waals surface area contributed by atoms with Gasteiger partial charge < -0.3 is 16.4 Å². The van der Waals surface area contributed by atoms with Gasteiger partial charge in [-0.15, -0.1) is 0 Å². The van der Waals surface area contributed by atoms with Crippen LogP contribution in [0.2, 0.25) is 0 Å². The summed E-state index contributed by atoms with van der Waals surface area (Å²) in [5, 5.41) is 5.33. The Morgan fingerprint density at radius 1 is 1.15 bits per heavy atom. The van der Waals surface area contributed by atoms with Gasteiger partial charge in [0.05, 0.1) is 0 Å². The molecular formula is C15H23N3O2. The smallest absolute Gasteiger partial charge is 0.312 e. The van der Waals surface area contributed by atoms with Gasteiger partial charge in [-0.3, -0.25) is 4.79 Å². The van der Waals surface area contributed by atoms with Gasteiger partial charge in [0.15, 0.2) is 0 Å². The number of benzene rings is 1. The Labute approximate surface area is 119 Å². The minimum atomic E-state index is -0.685. The molecule has 1 aromatic rings. The fourth-order valence-corrected chi connectivity index (χ4v) is 1.95. The molecule has 3 amide bonds. The van der Waals surface area contributed by atoms with Gasteiger partial charge in [-0.05, 0) is 17.4 Å². The van der Waals surface area contributed by atoms with Gasteiger partial charge in [0.1, 0.15) is 6.04 Å². The summed E-state index contributed by atoms with van der Waals surface area (Å²) in [7, 11) is 0. The molecule has 4 N–H and O–H groups in total. The van der Waals surface area contributed by atoms with E-state index in [9.17, 15) is 9.59 Å². The molecule has 0 aliphatic rings. The maximum absolute atomic E-state index is 12.1. The van der Waals surface area contributed by atoms with E-state index in [0.717, 1.165) is 5.56 Å². The third-order valence-corrected chi connectivity index (χ3v) is 3.20. The quantitative estimate of drug-likeness (QED) is 0.738. The van der Waals surface area contributed by atoms with E-state index >= 15 is 0 Å². The van der Waals surface area contributed by atoms with Crippen molar-refractivity contribution in [1.29, 1.82) is 0 Å². The van der Waals surface area contributed by atoms with E-state index in [4.69, 9.17) is 5.73 Å². The van der Waals surface area contributed by atoms with Gasteiger partial charge in [-0.2, -0.15) is 0 Å². The van der Waals surface area contributed by atoms with Gasteiger partial charge in [0.25, 0.3) is 0 Å². The molecule has 0 radical (unpaired) electrons. The summed E-state index contributed by atoms with van der Waals surface area (Å²) in [5.74, 6) is -0.0161. The van der Waals surface area contributed by atoms with Crippen LogP contribution in [-0.2, 0) is 4.79 Å². The molecule has 1 aromatic carbocycles. The molecule has 2 atom stereocenters. The van der Waals surface area contributed by atoms with Crippen molar-refractivity contribution in [3.63, 3.8) is 0 Å². The molecule has 20 heavy (non-hydrogen) atoms. The first-order valence-corrected chi connectivity index (χ1v) is 6.80. The van der Waals surface area contributed by atoms with Gasteiger partial charge in [-0.1, -0.05) is 51.1 Å². The molecule has 0 bridgehead atoms. The van der Waals surface area contributed by atoms with Crippen molar-refractivity contribution < 1.29 is 9.59 Å². The lowest BCUT2D eigenvalue weighted by molar-refractivity contribution is -0.123. The second-order valence-corrected chi connectivity index (χ2v) is 5.29. The predicted molar refractivity (Wildman–Crippen MR) is 79.2 cm³/mol. The average molecular weight is 277 g/mol. The van der Waals surface area contributed by atoms with Crippen LogP contribution in [0.25, 0.3) is 0 Å². The monoisotopic (exact) mass is 277 g/mol. The van der Waals surface area contributed by atoms with Crippen LogP contribution in [0.5, 0.6) is 0 Å². The molecule has 110 valence electrons. The lowest BCUT2D eigenvalue weighted by Crippen LogP contribution is -2.51. The Bertz CT molecular complexity index is 446. The summed E-state index contributed by atoms with van der Waals surface area (Å²) in [6.45, 7) is 6.29. The molecular weight excluding hydrogens is 254 g/mol. The van der Waals surface area contributed by atoms with Crippen molar-refractivity contribution in [2.24, 2.45) is 11.7 Å². The third-order valence-electron chi connectivity index (χ3n) is 3.20. The lowest BCUT2D eigenvalue weighted by atomic mass is 10.00. The first-order chi connectivity index (χ1) is 9.41. The van der Waals surface area contributed by atoms with Crippen molar-refractivity contribution in [3.8, 4) is 0 Å². The van der Waals surface area contributed by atoms with Crippen LogP contribution < -0.4 is 16.4 Å². The first-order valence-electron chi connectivity index (χ1n) is 6.80. The highest BCUT2D eigenvalue weighted by atomic mass is 16.2. The number of carbonyl (C=O) groups is 2. The van der Waals surface area contributed by atoms with E-state index in [0.29, 0.717) is 6.54 Å². The lowest BCUT2D eigenvalue weighted by Gasteiger charge is -2.22. The van der Waals surface area contributed by atoms with Crippen molar-refractivity contribution in [2.45, 2.75) is 32.7 Å². The van der Waals surface area contributed by atoms with E-state index in [2.05, 4.69) is 10.6 Å². The SMILES string of the molecule is CC(C)[C@@H](NC(N)=O)C(=O)NC[C@H](C)c1ccccc1. The van der Waals surface area contributed by atoms with E-state index < -0.39 is 12.1 Å². The number of primary amides is 1. The molecule has 0 unspecified atom stereocenters. The standard InChI is InChI=1S/C15H23N3O2/c1-10(2)13(18-15(16)20)14(19)17-9-11(3)12-7-5-4-6-8-12/h4-8,10-11,13H,9H2,1-3H3,(H,17,19)(H3,16,18,20)/t11-,13+/m0/s1. The summed E-state index contributed by atoms with van der Waals surface area (Å²) >= 11 is 0. The summed E-state index contributed by atoms with van der Waals surface area (Å²) < 4.78 is 0. The van der Waals surface area contributed by atoms with Crippen molar-refractivity contribution in [3.05, 3.63) is 35.9 Å². The Morgan fingerprint density at radius 2 is 1.75 bits per heavy atom. The maximum Gasteiger partial charge on any atom is 0.312 e. The summed E-state index contributed by atoms with van der Waals surface area (Å²) in [6.07, 6.45) is 0. The van der Waals surface area contributed by atoms with Crippen LogP contribution in [0, 0.1) is 5.92 Å². The van der Waals surface area contributed by atoms with Gasteiger partial charge in [-0.25, -0.2) is 4.79 Å². The molecule has 0 heterocycles. The van der Waals surface area contributed by atoms with Crippen LogP contribution >= 0.6 is 0 Å². The number of hydrogen-bond donors (Lipinski definition) is 3. The highest BCUT2D eigenvalue weighted by Gasteiger charge is 2.23. The number of urea groups is 1. The van der Waals surface area contributed by atoms with Crippen LogP contribution in [0.1, 0.15) is 32.3 Å². The first kappa shape index (κ1) is 16.0. The third kappa shape index (κ3) is 4.91. The topological polar surface area (TPSA) is 84.2 Å². The van der Waals surface area contributed by atoms with Crippen LogP contribution in [0.4, 0.5) is 4.79 Å². The molecule has 5 nitrogen and oxygen atoms in total. The highest BCUT2D eigenvalue weighted by molar-refractivity contribution is 5.86. The molecule has 0 fully saturated rings. The number of nitrogens with one attached hydrogen (secondary N) is 2. The second-order valence-electron chi connectivity index (χ2n) is 5.29. The zero-order valence-electron chi connectivity index (χ0n) is 12.2. The molecule has 0 spiro atoms. The van der Waals surface area contributed by atoms with Crippen LogP contribution in [-0.4, -0.2) is 24.5 Å². The predicted octanol–water partition coefficient (Wildman–Crippen LogP) is 1.60. The minimum absolute atomic E-state index is 0.0190. The van der Waals surface area contributed by atoms with Crippen molar-refractivity contribution in [1.82, 2.24) is 10.6 Å². The van der Waals surface area contributed by atoms with Crippen LogP contribution in [0.15, 0.2) is 30.3 Å². The number of carbonyl (C=O) groups excluding carboxylic acids is 2. The van der Waals surface area contributed by atoms with Crippen molar-refractivity contribution >= 4 is 11.9 Å². The number of hydrogen-bond acceptors (Lipinski definition) is 2. The van der Waals surface area contributed by atoms with Crippen LogP contribution in [0.3, 0.4) is 0 Å². The molecule has 0 aromatic heterocycles. The zero-order chi connectivity index (χ0) is 15.1. The zero-order valence-corrected chi connectivity index (χ0v) is 12.2. The number of rotatable bonds is 6. The Balaban J connectivity index is 2.55. The minimum Gasteiger partial charge on any atom is -0.354 e. The average Bonchev–Trinajstić information content (AvgIpc) is 2.42. The normalized spacial score (nSPS) is 13.6. The van der Waals surface area contributed by atoms with E-state index in [-0.39, 0.29) is 17.7 Å². The molecule has 0 saturated heterocycles. The van der Waals surface area contributed by atoms with E-state index in [1.807, 2.05) is 51.1 Å². The molecule has 0 aliphatic carbocycles.